The van der Waals surface area contributed by atoms with Crippen LogP contribution in [-0.4, -0.2) is 21.2 Å². The molecule has 112 valence electrons. The van der Waals surface area contributed by atoms with Crippen molar-refractivity contribution >= 4 is 33.2 Å². The molecule has 2 N–H and O–H groups in total. The highest BCUT2D eigenvalue weighted by Gasteiger charge is 2.08. The van der Waals surface area contributed by atoms with Gasteiger partial charge in [-0.15, -0.1) is 0 Å². The fraction of sp³-hybridized carbons (Fsp3) is 0.200. The van der Waals surface area contributed by atoms with Crippen molar-refractivity contribution in [2.24, 2.45) is 5.73 Å². The predicted molar refractivity (Wildman–Crippen MR) is 87.9 cm³/mol. The van der Waals surface area contributed by atoms with E-state index in [2.05, 4.69) is 0 Å². The molecule has 0 aliphatic carbocycles. The van der Waals surface area contributed by atoms with Crippen LogP contribution in [0.15, 0.2) is 57.2 Å². The van der Waals surface area contributed by atoms with Gasteiger partial charge in [0.15, 0.2) is 9.84 Å². The third-order valence-corrected chi connectivity index (χ3v) is 5.39. The summed E-state index contributed by atoms with van der Waals surface area (Å²) < 4.78 is 22.9. The average molecular weight is 342 g/mol. The highest BCUT2D eigenvalue weighted by molar-refractivity contribution is 7.99. The standard InChI is InChI=1S/C15H16ClNO2S2/c1-21(18,19)14-6-4-13(5-7-14)20-15-10-12(16)3-2-11(15)8-9-17/h2-7,10H,8-9,17H2,1H3. The summed E-state index contributed by atoms with van der Waals surface area (Å²) in [5.41, 5.74) is 6.76. The highest BCUT2D eigenvalue weighted by Crippen LogP contribution is 2.33. The lowest BCUT2D eigenvalue weighted by Crippen LogP contribution is -2.03. The van der Waals surface area contributed by atoms with Gasteiger partial charge in [-0.05, 0) is 54.9 Å². The van der Waals surface area contributed by atoms with Crippen molar-refractivity contribution in [3.05, 3.63) is 53.1 Å². The largest absolute Gasteiger partial charge is 0.330 e. The average Bonchev–Trinajstić information content (AvgIpc) is 2.42. The van der Waals surface area contributed by atoms with E-state index in [9.17, 15) is 8.42 Å². The van der Waals surface area contributed by atoms with Crippen LogP contribution in [0.1, 0.15) is 5.56 Å². The Labute approximate surface area is 134 Å². The zero-order valence-electron chi connectivity index (χ0n) is 11.5. The number of sulfone groups is 1. The number of hydrogen-bond acceptors (Lipinski definition) is 4. The summed E-state index contributed by atoms with van der Waals surface area (Å²) in [6, 6.07) is 12.6. The fourth-order valence-electron chi connectivity index (χ4n) is 1.87. The lowest BCUT2D eigenvalue weighted by atomic mass is 10.1. The summed E-state index contributed by atoms with van der Waals surface area (Å²) in [6.07, 6.45) is 1.98. The molecule has 0 bridgehead atoms. The number of rotatable bonds is 5. The smallest absolute Gasteiger partial charge is 0.175 e. The van der Waals surface area contributed by atoms with Crippen molar-refractivity contribution in [3.63, 3.8) is 0 Å². The Hall–Kier alpha value is -1.01. The summed E-state index contributed by atoms with van der Waals surface area (Å²) in [5, 5.41) is 0.672. The van der Waals surface area contributed by atoms with E-state index in [0.717, 1.165) is 21.8 Å². The van der Waals surface area contributed by atoms with Gasteiger partial charge in [0.05, 0.1) is 4.90 Å². The van der Waals surface area contributed by atoms with Crippen molar-refractivity contribution in [2.45, 2.75) is 21.1 Å². The van der Waals surface area contributed by atoms with Crippen molar-refractivity contribution in [3.8, 4) is 0 Å². The SMILES string of the molecule is CS(=O)(=O)c1ccc(Sc2cc(Cl)ccc2CCN)cc1. The second-order valence-electron chi connectivity index (χ2n) is 4.64. The monoisotopic (exact) mass is 341 g/mol. The Kier molecular flexibility index (Phi) is 5.32. The van der Waals surface area contributed by atoms with Gasteiger partial charge in [0.25, 0.3) is 0 Å². The molecule has 21 heavy (non-hydrogen) atoms. The van der Waals surface area contributed by atoms with Crippen molar-refractivity contribution in [1.29, 1.82) is 0 Å². The molecule has 2 aromatic carbocycles. The van der Waals surface area contributed by atoms with Crippen LogP contribution < -0.4 is 5.73 Å². The molecule has 3 nitrogen and oxygen atoms in total. The van der Waals surface area contributed by atoms with Crippen LogP contribution in [0.2, 0.25) is 5.02 Å². The molecule has 0 fully saturated rings. The number of halogens is 1. The van der Waals surface area contributed by atoms with Gasteiger partial charge in [-0.25, -0.2) is 8.42 Å². The zero-order valence-corrected chi connectivity index (χ0v) is 13.9. The normalized spacial score (nSPS) is 11.6. The van der Waals surface area contributed by atoms with Gasteiger partial charge in [-0.1, -0.05) is 29.4 Å². The first-order chi connectivity index (χ1) is 9.90. The molecule has 0 saturated heterocycles. The molecule has 0 aliphatic heterocycles. The third-order valence-electron chi connectivity index (χ3n) is 2.92. The van der Waals surface area contributed by atoms with E-state index in [1.807, 2.05) is 18.2 Å². The third kappa shape index (κ3) is 4.48. The van der Waals surface area contributed by atoms with Crippen molar-refractivity contribution in [2.75, 3.05) is 12.8 Å². The lowest BCUT2D eigenvalue weighted by molar-refractivity contribution is 0.602. The summed E-state index contributed by atoms with van der Waals surface area (Å²) in [5.74, 6) is 0. The van der Waals surface area contributed by atoms with E-state index < -0.39 is 9.84 Å². The minimum Gasteiger partial charge on any atom is -0.330 e. The molecule has 0 saturated carbocycles. The molecule has 2 aromatic rings. The molecule has 0 aliphatic rings. The van der Waals surface area contributed by atoms with Crippen LogP contribution in [0.3, 0.4) is 0 Å². The van der Waals surface area contributed by atoms with Crippen LogP contribution in [0, 0.1) is 0 Å². The minimum atomic E-state index is -3.16. The molecular weight excluding hydrogens is 326 g/mol. The van der Waals surface area contributed by atoms with E-state index in [4.69, 9.17) is 17.3 Å². The number of nitrogens with two attached hydrogens (primary N) is 1. The van der Waals surface area contributed by atoms with Crippen LogP contribution >= 0.6 is 23.4 Å². The quantitative estimate of drug-likeness (QED) is 0.905. The molecule has 0 radical (unpaired) electrons. The van der Waals surface area contributed by atoms with Crippen LogP contribution in [-0.2, 0) is 16.3 Å². The second kappa shape index (κ2) is 6.83. The Bertz CT molecular complexity index is 728. The summed E-state index contributed by atoms with van der Waals surface area (Å²) in [4.78, 5) is 2.32. The summed E-state index contributed by atoms with van der Waals surface area (Å²) in [7, 11) is -3.16. The van der Waals surface area contributed by atoms with Gasteiger partial charge in [-0.2, -0.15) is 0 Å². The summed E-state index contributed by atoms with van der Waals surface area (Å²) >= 11 is 7.60. The van der Waals surface area contributed by atoms with E-state index in [-0.39, 0.29) is 0 Å². The maximum absolute atomic E-state index is 11.4. The molecule has 2 rings (SSSR count). The maximum Gasteiger partial charge on any atom is 0.175 e. The lowest BCUT2D eigenvalue weighted by Gasteiger charge is -2.09. The highest BCUT2D eigenvalue weighted by atomic mass is 35.5. The van der Waals surface area contributed by atoms with Crippen LogP contribution in [0.5, 0.6) is 0 Å². The first kappa shape index (κ1) is 16.4. The van der Waals surface area contributed by atoms with Crippen molar-refractivity contribution < 1.29 is 8.42 Å². The Morgan fingerprint density at radius 3 is 2.38 bits per heavy atom. The van der Waals surface area contributed by atoms with Crippen LogP contribution in [0.25, 0.3) is 0 Å². The van der Waals surface area contributed by atoms with Gasteiger partial charge in [-0.3, -0.25) is 0 Å². The van der Waals surface area contributed by atoms with Crippen molar-refractivity contribution in [1.82, 2.24) is 0 Å². The van der Waals surface area contributed by atoms with E-state index in [0.29, 0.717) is 16.5 Å². The Balaban J connectivity index is 2.27. The fourth-order valence-corrected chi connectivity index (χ4v) is 3.75. The number of hydrogen-bond donors (Lipinski definition) is 1. The first-order valence-electron chi connectivity index (χ1n) is 6.36. The summed E-state index contributed by atoms with van der Waals surface area (Å²) in [6.45, 7) is 0.572. The molecule has 0 heterocycles. The van der Waals surface area contributed by atoms with E-state index >= 15 is 0 Å². The molecule has 0 atom stereocenters. The zero-order chi connectivity index (χ0) is 15.5. The van der Waals surface area contributed by atoms with E-state index in [1.54, 1.807) is 36.0 Å². The maximum atomic E-state index is 11.4. The van der Waals surface area contributed by atoms with Gasteiger partial charge < -0.3 is 5.73 Å². The predicted octanol–water partition coefficient (Wildman–Crippen LogP) is 3.40. The molecular formula is C15H16ClNO2S2. The van der Waals surface area contributed by atoms with E-state index in [1.165, 1.54) is 6.26 Å². The second-order valence-corrected chi connectivity index (χ2v) is 8.20. The molecule has 0 unspecified atom stereocenters. The van der Waals surface area contributed by atoms with Gasteiger partial charge >= 0.3 is 0 Å². The Morgan fingerprint density at radius 2 is 1.81 bits per heavy atom. The Morgan fingerprint density at radius 1 is 1.14 bits per heavy atom. The minimum absolute atomic E-state index is 0.320. The molecule has 0 aromatic heterocycles. The number of benzene rings is 2. The first-order valence-corrected chi connectivity index (χ1v) is 9.45. The molecule has 0 amide bonds. The van der Waals surface area contributed by atoms with Crippen LogP contribution in [0.4, 0.5) is 0 Å². The molecule has 6 heteroatoms. The van der Waals surface area contributed by atoms with Gasteiger partial charge in [0.1, 0.15) is 0 Å². The topological polar surface area (TPSA) is 60.2 Å². The van der Waals surface area contributed by atoms with Gasteiger partial charge in [0, 0.05) is 21.1 Å². The molecule has 0 spiro atoms. The van der Waals surface area contributed by atoms with Gasteiger partial charge in [0.2, 0.25) is 0 Å².